The van der Waals surface area contributed by atoms with Crippen molar-refractivity contribution in [3.05, 3.63) is 517 Å². The van der Waals surface area contributed by atoms with Crippen molar-refractivity contribution < 1.29 is 9.59 Å². The minimum atomic E-state index is -0.392. The van der Waals surface area contributed by atoms with Crippen LogP contribution in [0, 0.1) is 48.5 Å². The number of amides is 2. The first kappa shape index (κ1) is 99.8. The third-order valence-corrected chi connectivity index (χ3v) is 30.3. The highest BCUT2D eigenvalue weighted by molar-refractivity contribution is 8.01. The van der Waals surface area contributed by atoms with Crippen LogP contribution in [0.1, 0.15) is 67.1 Å². The topological polar surface area (TPSA) is 63.4 Å². The molecule has 0 saturated carbocycles. The zero-order chi connectivity index (χ0) is 95.6. The molecule has 0 radical (unpaired) electrons. The molecule has 22 aromatic carbocycles. The maximum Gasteiger partial charge on any atom is 0.253 e. The first-order chi connectivity index (χ1) is 67.2. The van der Waals surface area contributed by atoms with Gasteiger partial charge in [-0.1, -0.05) is 414 Å². The molecule has 0 aliphatic carbocycles. The van der Waals surface area contributed by atoms with Crippen LogP contribution >= 0.6 is 82.3 Å². The van der Waals surface area contributed by atoms with Gasteiger partial charge >= 0.3 is 0 Å². The Morgan fingerprint density at radius 1 is 0.209 bits per heavy atom. The van der Waals surface area contributed by atoms with Crippen molar-refractivity contribution in [3.63, 3.8) is 0 Å². The molecule has 139 heavy (non-hydrogen) atoms. The quantitative estimate of drug-likeness (QED) is 0.0709. The zero-order valence-electron chi connectivity index (χ0n) is 78.7. The van der Waals surface area contributed by atoms with Gasteiger partial charge in [-0.15, -0.1) is 0 Å². The Morgan fingerprint density at radius 2 is 0.475 bits per heavy atom. The third kappa shape index (κ3) is 28.1. The van der Waals surface area contributed by atoms with Crippen molar-refractivity contribution in [3.8, 4) is 11.1 Å². The van der Waals surface area contributed by atoms with Gasteiger partial charge in [0.2, 0.25) is 5.91 Å². The second-order valence-electron chi connectivity index (χ2n) is 34.0. The minimum Gasteiger partial charge on any atom is -0.366 e. The van der Waals surface area contributed by atoms with Gasteiger partial charge in [0.1, 0.15) is 0 Å². The molecule has 4 nitrogen and oxygen atoms in total. The summed E-state index contributed by atoms with van der Waals surface area (Å²) in [5, 5.41) is 18.5. The van der Waals surface area contributed by atoms with Crippen LogP contribution < -0.4 is 5.73 Å². The highest BCUT2D eigenvalue weighted by Gasteiger charge is 2.15. The largest absolute Gasteiger partial charge is 0.366 e. The van der Waals surface area contributed by atoms with Gasteiger partial charge in [0, 0.05) is 93.8 Å². The van der Waals surface area contributed by atoms with Crippen molar-refractivity contribution in [2.75, 3.05) is 14.1 Å². The Kier molecular flexibility index (Phi) is 35.2. The van der Waals surface area contributed by atoms with E-state index in [1.165, 1.54) is 184 Å². The number of rotatable bonds is 17. The van der Waals surface area contributed by atoms with E-state index in [1.54, 1.807) is 66.4 Å². The summed E-state index contributed by atoms with van der Waals surface area (Å²) in [5.41, 5.74) is 18.0. The zero-order valence-corrected chi connectivity index (χ0v) is 84.4. The summed E-state index contributed by atoms with van der Waals surface area (Å²) in [6.07, 6.45) is 0. The molecule has 0 fully saturated rings. The molecular weight excluding hydrogens is 1820 g/mol. The van der Waals surface area contributed by atoms with E-state index in [0.29, 0.717) is 5.56 Å². The van der Waals surface area contributed by atoms with E-state index < -0.39 is 5.91 Å². The molecule has 0 unspecified atom stereocenters. The fraction of sp³-hybridized carbons (Fsp3) is 0.0781. The lowest BCUT2D eigenvalue weighted by molar-refractivity contribution is 0.0827. The van der Waals surface area contributed by atoms with E-state index in [0.717, 1.165) is 15.4 Å². The molecular formula is C128H110N2O2S7. The summed E-state index contributed by atoms with van der Waals surface area (Å²) >= 11 is 12.5. The third-order valence-electron chi connectivity index (χ3n) is 23.0. The lowest BCUT2D eigenvalue weighted by Crippen LogP contribution is -2.21. The lowest BCUT2D eigenvalue weighted by atomic mass is 9.94. The number of benzene rings is 22. The van der Waals surface area contributed by atoms with E-state index in [4.69, 9.17) is 5.73 Å². The molecule has 0 aromatic heterocycles. The Labute approximate surface area is 849 Å². The maximum atomic E-state index is 11.8. The summed E-state index contributed by atoms with van der Waals surface area (Å²) < 4.78 is 0. The SMILES string of the molecule is C.Cc1ccc(Sc2c3ccccc3cc3ccccc23)cc1.Cc1ccc(Sc2ccc(-c3ccccc3)cc2)cc1.Cc1ccc(Sc2ccc(C(=O)N(C)C)cc2)cc1.Cc1ccc(Sc2ccc(C(N)=O)cc2)cc1.Cc1ccc(Sc2ccc3ccc4cccc5ccc2c3c45)cc1.Cc1ccc(Sc2ccc3ccccc3c2)cc1.Cc1ccc(Sc2ccc3ccccc3c2)cc1. The Morgan fingerprint density at radius 3 is 0.849 bits per heavy atom. The molecule has 0 saturated heterocycles. The Hall–Kier alpha value is -13.7. The molecule has 0 aliphatic rings. The summed E-state index contributed by atoms with van der Waals surface area (Å²) in [5.74, 6) is -0.358. The predicted octanol–water partition coefficient (Wildman–Crippen LogP) is 37.6. The molecule has 0 bridgehead atoms. The van der Waals surface area contributed by atoms with Crippen LogP contribution in [0.5, 0.6) is 0 Å². The van der Waals surface area contributed by atoms with Crippen molar-refractivity contribution >= 4 is 170 Å². The summed E-state index contributed by atoms with van der Waals surface area (Å²) in [7, 11) is 3.52. The number of primary amides is 1. The van der Waals surface area contributed by atoms with Crippen molar-refractivity contribution in [2.24, 2.45) is 5.73 Å². The molecule has 0 heterocycles. The lowest BCUT2D eigenvalue weighted by Gasteiger charge is -2.13. The molecule has 22 aromatic rings. The van der Waals surface area contributed by atoms with Crippen LogP contribution in [-0.4, -0.2) is 30.8 Å². The number of aryl methyl sites for hydroxylation is 7. The fourth-order valence-electron chi connectivity index (χ4n) is 15.5. The number of nitrogens with zero attached hydrogens (tertiary/aromatic N) is 1. The molecule has 11 heteroatoms. The first-order valence-corrected chi connectivity index (χ1v) is 51.6. The highest BCUT2D eigenvalue weighted by Crippen LogP contribution is 2.44. The number of nitrogens with two attached hydrogens (primary N) is 1. The number of carbonyl (C=O) groups excluding carboxylic acids is 2. The molecule has 2 N–H and O–H groups in total. The molecule has 0 spiro atoms. The van der Waals surface area contributed by atoms with Gasteiger partial charge < -0.3 is 10.6 Å². The van der Waals surface area contributed by atoms with E-state index in [2.05, 4.69) is 461 Å². The molecule has 686 valence electrons. The fourth-order valence-corrected chi connectivity index (χ4v) is 21.7. The van der Waals surface area contributed by atoms with Crippen LogP contribution in [0.15, 0.2) is 536 Å². The first-order valence-electron chi connectivity index (χ1n) is 45.9. The highest BCUT2D eigenvalue weighted by atomic mass is 32.2. The van der Waals surface area contributed by atoms with Crippen molar-refractivity contribution in [1.82, 2.24) is 4.90 Å². The smallest absolute Gasteiger partial charge is 0.253 e. The van der Waals surface area contributed by atoms with Crippen molar-refractivity contribution in [2.45, 2.75) is 124 Å². The summed E-state index contributed by atoms with van der Waals surface area (Å²) in [6.45, 7) is 14.7. The average Bonchev–Trinajstić information content (AvgIpc) is 0.740. The predicted molar refractivity (Wildman–Crippen MR) is 605 cm³/mol. The standard InChI is InChI=1S/C23H16S.C21H16S.C19H16S.2C17H14S.C16H17NOS.C14H13NOS.CH4/c1-15-5-11-19(12-6-15)24-21-14-10-18-8-7-16-3-2-4-17-9-13-20(21)23(18)22(16)17;1-15-10-12-18(13-11-15)22-21-19-8-4-2-6-16(19)14-17-7-3-5-9-20(17)21;1-15-7-11-18(12-8-15)20-19-13-9-17(10-14-19)16-5-3-2-4-6-16;2*1-13-6-9-16(10-7-13)18-17-11-8-14-4-2-3-5-15(14)12-17;1-12-4-8-14(9-5-12)19-15-10-6-13(7-11-15)16(18)17(2)3;1-10-2-6-12(7-3-10)17-13-8-4-11(5-9-13)14(15)16;/h2-14H,1H3;2-14H,1H3;2-14H,1H3;2*2-12H,1H3;4-11H,1-3H3;2-9H,1H3,(H2,15,16);1H4. The molecule has 22 rings (SSSR count). The summed E-state index contributed by atoms with van der Waals surface area (Å²) in [4.78, 5) is 41.8. The Bertz CT molecular complexity index is 7610. The van der Waals surface area contributed by atoms with Crippen molar-refractivity contribution in [1.29, 1.82) is 0 Å². The van der Waals surface area contributed by atoms with Crippen LogP contribution in [-0.2, 0) is 0 Å². The number of hydrogen-bond donors (Lipinski definition) is 1. The normalized spacial score (nSPS) is 10.7. The van der Waals surface area contributed by atoms with Crippen LogP contribution in [0.25, 0.3) is 86.5 Å². The van der Waals surface area contributed by atoms with Gasteiger partial charge in [0.15, 0.2) is 0 Å². The minimum absolute atomic E-state index is 0. The molecule has 0 aliphatic heterocycles. The van der Waals surface area contributed by atoms with Crippen LogP contribution in [0.4, 0.5) is 0 Å². The second kappa shape index (κ2) is 49.0. The van der Waals surface area contributed by atoms with Crippen LogP contribution in [0.3, 0.4) is 0 Å². The van der Waals surface area contributed by atoms with Gasteiger partial charge in [-0.25, -0.2) is 0 Å². The second-order valence-corrected chi connectivity index (χ2v) is 41.9. The van der Waals surface area contributed by atoms with Crippen LogP contribution in [0.2, 0.25) is 0 Å². The number of fused-ring (bicyclic) bond motifs is 4. The van der Waals surface area contributed by atoms with Gasteiger partial charge in [0.25, 0.3) is 5.91 Å². The van der Waals surface area contributed by atoms with E-state index in [1.807, 2.05) is 89.5 Å². The number of carbonyl (C=O) groups is 2. The number of hydrogen-bond acceptors (Lipinski definition) is 9. The molecule has 0 atom stereocenters. The Balaban J connectivity index is 0.000000123. The van der Waals surface area contributed by atoms with Gasteiger partial charge in [-0.3, -0.25) is 9.59 Å². The summed E-state index contributed by atoms with van der Waals surface area (Å²) in [6, 6.07) is 164. The maximum absolute atomic E-state index is 11.8. The molecule has 2 amide bonds. The monoisotopic (exact) mass is 1930 g/mol. The average molecular weight is 1930 g/mol. The van der Waals surface area contributed by atoms with Gasteiger partial charge in [0.05, 0.1) is 0 Å². The van der Waals surface area contributed by atoms with E-state index in [-0.39, 0.29) is 13.3 Å². The van der Waals surface area contributed by atoms with E-state index >= 15 is 0 Å². The van der Waals surface area contributed by atoms with E-state index in [9.17, 15) is 9.59 Å². The van der Waals surface area contributed by atoms with Gasteiger partial charge in [-0.2, -0.15) is 0 Å². The van der Waals surface area contributed by atoms with Gasteiger partial charge in [-0.05, 0) is 317 Å².